The van der Waals surface area contributed by atoms with Gasteiger partial charge in [-0.3, -0.25) is 9.59 Å². The number of hydrogen-bond acceptors (Lipinski definition) is 5. The van der Waals surface area contributed by atoms with Crippen molar-refractivity contribution >= 4 is 11.9 Å². The van der Waals surface area contributed by atoms with Gasteiger partial charge < -0.3 is 20.3 Å². The van der Waals surface area contributed by atoms with Gasteiger partial charge in [0, 0.05) is 12.8 Å². The Morgan fingerprint density at radius 3 is 0.800 bits per heavy atom. The fraction of sp³-hybridized carbons (Fsp3) is 0.949. The van der Waals surface area contributed by atoms with Crippen molar-refractivity contribution in [1.29, 1.82) is 0 Å². The molecule has 0 rings (SSSR count). The molecule has 85 heavy (non-hydrogen) atoms. The second-order valence-electron chi connectivity index (χ2n) is 27.4. The molecule has 2 unspecified atom stereocenters. The maximum atomic E-state index is 12.5. The van der Waals surface area contributed by atoms with Crippen LogP contribution in [0.3, 0.4) is 0 Å². The Kier molecular flexibility index (Phi) is 73.8. The molecule has 0 aromatic carbocycles. The first-order chi connectivity index (χ1) is 42.0. The van der Waals surface area contributed by atoms with E-state index in [1.807, 2.05) is 6.08 Å². The molecule has 2 atom stereocenters. The molecule has 6 nitrogen and oxygen atoms in total. The lowest BCUT2D eigenvalue weighted by Crippen LogP contribution is -2.45. The third kappa shape index (κ3) is 71.6. The minimum absolute atomic E-state index is 0.0233. The normalized spacial score (nSPS) is 12.5. The zero-order chi connectivity index (χ0) is 61.3. The number of aliphatic hydroxyl groups excluding tert-OH is 2. The summed E-state index contributed by atoms with van der Waals surface area (Å²) in [7, 11) is 0. The number of carbonyl (C=O) groups excluding carboxylic acids is 2. The number of allylic oxidation sites excluding steroid dienone is 1. The molecule has 0 heterocycles. The molecule has 1 amide bonds. The molecule has 0 saturated carbocycles. The molecule has 0 fully saturated rings. The van der Waals surface area contributed by atoms with Crippen LogP contribution in [-0.2, 0) is 14.3 Å². The Bertz CT molecular complexity index is 1290. The summed E-state index contributed by atoms with van der Waals surface area (Å²) in [5, 5.41) is 23.3. The molecule has 0 aliphatic carbocycles. The molecule has 6 heteroatoms. The van der Waals surface area contributed by atoms with Gasteiger partial charge in [-0.05, 0) is 32.1 Å². The number of rotatable bonds is 75. The van der Waals surface area contributed by atoms with Crippen LogP contribution in [0.2, 0.25) is 0 Å². The highest BCUT2D eigenvalue weighted by Crippen LogP contribution is 2.20. The first kappa shape index (κ1) is 83.6. The SMILES string of the molecule is CCCCCCCCCCCCCCCCCCCCCCC/C=C/C(O)C(CO)NC(=O)CCCCCCCCCCCCCCCCCCCCCCCCCCCCCCCCCCCOC(=O)CCCCCCCCCCCCCC. The van der Waals surface area contributed by atoms with Crippen LogP contribution in [0.5, 0.6) is 0 Å². The third-order valence-electron chi connectivity index (χ3n) is 18.8. The van der Waals surface area contributed by atoms with Crippen molar-refractivity contribution in [2.75, 3.05) is 13.2 Å². The second-order valence-corrected chi connectivity index (χ2v) is 27.4. The summed E-state index contributed by atoms with van der Waals surface area (Å²) in [5.41, 5.74) is 0. The van der Waals surface area contributed by atoms with Crippen molar-refractivity contribution in [2.24, 2.45) is 0 Å². The van der Waals surface area contributed by atoms with Crippen LogP contribution in [0.1, 0.15) is 457 Å². The Labute approximate surface area is 533 Å². The van der Waals surface area contributed by atoms with E-state index in [1.54, 1.807) is 6.08 Å². The van der Waals surface area contributed by atoms with Crippen LogP contribution in [0, 0.1) is 0 Å². The van der Waals surface area contributed by atoms with E-state index in [0.717, 1.165) is 38.5 Å². The molecule has 0 aliphatic rings. The van der Waals surface area contributed by atoms with Crippen LogP contribution in [-0.4, -0.2) is 47.4 Å². The number of aliphatic hydroxyl groups is 2. The molecule has 0 bridgehead atoms. The van der Waals surface area contributed by atoms with Gasteiger partial charge in [0.25, 0.3) is 0 Å². The maximum Gasteiger partial charge on any atom is 0.305 e. The first-order valence-corrected chi connectivity index (χ1v) is 39.5. The van der Waals surface area contributed by atoms with E-state index in [2.05, 4.69) is 19.2 Å². The third-order valence-corrected chi connectivity index (χ3v) is 18.8. The van der Waals surface area contributed by atoms with Gasteiger partial charge in [-0.15, -0.1) is 0 Å². The van der Waals surface area contributed by atoms with Crippen molar-refractivity contribution in [1.82, 2.24) is 5.32 Å². The van der Waals surface area contributed by atoms with Crippen LogP contribution < -0.4 is 5.32 Å². The molecular weight excluding hydrogens is 1040 g/mol. The number of hydrogen-bond donors (Lipinski definition) is 3. The molecule has 506 valence electrons. The summed E-state index contributed by atoms with van der Waals surface area (Å²) < 4.78 is 5.49. The van der Waals surface area contributed by atoms with Crippen molar-refractivity contribution < 1.29 is 24.5 Å². The van der Waals surface area contributed by atoms with E-state index in [9.17, 15) is 19.8 Å². The summed E-state index contributed by atoms with van der Waals surface area (Å²) >= 11 is 0. The van der Waals surface area contributed by atoms with Crippen LogP contribution in [0.15, 0.2) is 12.2 Å². The van der Waals surface area contributed by atoms with Gasteiger partial charge in [0.05, 0.1) is 25.4 Å². The first-order valence-electron chi connectivity index (χ1n) is 39.5. The van der Waals surface area contributed by atoms with E-state index in [0.29, 0.717) is 19.4 Å². The average Bonchev–Trinajstić information content (AvgIpc) is 3.53. The molecule has 0 aliphatic heterocycles. The highest BCUT2D eigenvalue weighted by atomic mass is 16.5. The Balaban J connectivity index is 3.34. The number of unbranched alkanes of at least 4 members (excludes halogenated alkanes) is 64. The summed E-state index contributed by atoms with van der Waals surface area (Å²) in [5.74, 6) is -0.0343. The minimum atomic E-state index is -0.842. The van der Waals surface area contributed by atoms with Crippen molar-refractivity contribution in [2.45, 2.75) is 469 Å². The summed E-state index contributed by atoms with van der Waals surface area (Å²) in [6, 6.07) is -0.625. The molecule has 0 spiro atoms. The Hall–Kier alpha value is -1.40. The van der Waals surface area contributed by atoms with Gasteiger partial charge in [-0.2, -0.15) is 0 Å². The number of amides is 1. The zero-order valence-corrected chi connectivity index (χ0v) is 58.1. The molecule has 0 aromatic heterocycles. The molecular formula is C79H155NO5. The monoisotopic (exact) mass is 1200 g/mol. The van der Waals surface area contributed by atoms with E-state index in [4.69, 9.17) is 4.74 Å². The highest BCUT2D eigenvalue weighted by molar-refractivity contribution is 5.76. The second kappa shape index (κ2) is 75.1. The van der Waals surface area contributed by atoms with Crippen LogP contribution in [0.4, 0.5) is 0 Å². The zero-order valence-electron chi connectivity index (χ0n) is 58.1. The lowest BCUT2D eigenvalue weighted by atomic mass is 10.0. The van der Waals surface area contributed by atoms with Crippen molar-refractivity contribution in [3.63, 3.8) is 0 Å². The average molecular weight is 1200 g/mol. The van der Waals surface area contributed by atoms with Gasteiger partial charge in [-0.1, -0.05) is 424 Å². The smallest absolute Gasteiger partial charge is 0.305 e. The molecule has 0 radical (unpaired) electrons. The maximum absolute atomic E-state index is 12.5. The van der Waals surface area contributed by atoms with Gasteiger partial charge in [0.15, 0.2) is 0 Å². The van der Waals surface area contributed by atoms with Gasteiger partial charge >= 0.3 is 5.97 Å². The van der Waals surface area contributed by atoms with E-state index < -0.39 is 12.1 Å². The fourth-order valence-corrected chi connectivity index (χ4v) is 12.8. The number of esters is 1. The highest BCUT2D eigenvalue weighted by Gasteiger charge is 2.18. The lowest BCUT2D eigenvalue weighted by Gasteiger charge is -2.20. The summed E-state index contributed by atoms with van der Waals surface area (Å²) in [4.78, 5) is 24.6. The number of carbonyl (C=O) groups is 2. The molecule has 0 saturated heterocycles. The minimum Gasteiger partial charge on any atom is -0.466 e. The van der Waals surface area contributed by atoms with E-state index in [-0.39, 0.29) is 18.5 Å². The van der Waals surface area contributed by atoms with E-state index in [1.165, 1.54) is 392 Å². The number of nitrogens with one attached hydrogen (secondary N) is 1. The predicted octanol–water partition coefficient (Wildman–Crippen LogP) is 25.9. The Morgan fingerprint density at radius 2 is 0.541 bits per heavy atom. The van der Waals surface area contributed by atoms with Gasteiger partial charge in [-0.25, -0.2) is 0 Å². The molecule has 0 aromatic rings. The van der Waals surface area contributed by atoms with Crippen molar-refractivity contribution in [3.8, 4) is 0 Å². The topological polar surface area (TPSA) is 95.9 Å². The molecule has 3 N–H and O–H groups in total. The van der Waals surface area contributed by atoms with Gasteiger partial charge in [0.1, 0.15) is 0 Å². The quantitative estimate of drug-likeness (QED) is 0.0320. The summed E-state index contributed by atoms with van der Waals surface area (Å²) in [6.45, 7) is 4.96. The fourth-order valence-electron chi connectivity index (χ4n) is 12.8. The van der Waals surface area contributed by atoms with Crippen LogP contribution in [0.25, 0.3) is 0 Å². The largest absolute Gasteiger partial charge is 0.466 e. The lowest BCUT2D eigenvalue weighted by molar-refractivity contribution is -0.143. The van der Waals surface area contributed by atoms with Gasteiger partial charge in [0.2, 0.25) is 5.91 Å². The Morgan fingerprint density at radius 1 is 0.318 bits per heavy atom. The summed E-state index contributed by atoms with van der Waals surface area (Å²) in [6.07, 6.45) is 94.8. The standard InChI is InChI=1S/C79H155NO5/c1-3-5-7-9-11-13-15-17-18-19-20-21-33-36-39-42-45-48-51-55-59-63-67-71-77(82)76(75-81)80-78(83)72-68-64-60-56-52-49-46-43-40-37-34-31-29-27-25-23-22-24-26-28-30-32-35-38-41-44-47-50-54-58-62-66-70-74-85-79(84)73-69-65-61-57-53-16-14-12-10-8-6-4-2/h67,71,76-77,81-82H,3-66,68-70,72-75H2,1-2H3,(H,80,83)/b71-67+. The van der Waals surface area contributed by atoms with Crippen molar-refractivity contribution in [3.05, 3.63) is 12.2 Å². The van der Waals surface area contributed by atoms with Crippen LogP contribution >= 0.6 is 0 Å². The number of ether oxygens (including phenoxy) is 1. The van der Waals surface area contributed by atoms with E-state index >= 15 is 0 Å². The predicted molar refractivity (Wildman–Crippen MR) is 375 cm³/mol.